The summed E-state index contributed by atoms with van der Waals surface area (Å²) >= 11 is 0. The van der Waals surface area contributed by atoms with Crippen LogP contribution in [-0.2, 0) is 9.47 Å². The van der Waals surface area contributed by atoms with Gasteiger partial charge < -0.3 is 28.4 Å². The Kier molecular flexibility index (Phi) is 8.33. The summed E-state index contributed by atoms with van der Waals surface area (Å²) in [5, 5.41) is 0. The van der Waals surface area contributed by atoms with Crippen molar-refractivity contribution in [2.75, 3.05) is 42.0 Å². The van der Waals surface area contributed by atoms with Crippen molar-refractivity contribution in [3.8, 4) is 23.0 Å². The zero-order valence-electron chi connectivity index (χ0n) is 16.4. The molecule has 28 heavy (non-hydrogen) atoms. The maximum atomic E-state index is 12.9. The number of methoxy groups -OCH3 is 4. The lowest BCUT2D eigenvalue weighted by Crippen LogP contribution is -2.08. The largest absolute Gasteiger partial charge is 0.497 e. The van der Waals surface area contributed by atoms with Crippen molar-refractivity contribution in [3.63, 3.8) is 0 Å². The van der Waals surface area contributed by atoms with E-state index in [0.717, 1.165) is 11.3 Å². The number of ketones is 1. The molecule has 0 radical (unpaired) electrons. The van der Waals surface area contributed by atoms with Gasteiger partial charge in [0.15, 0.2) is 19.4 Å². The lowest BCUT2D eigenvalue weighted by molar-refractivity contribution is 0.0453. The van der Waals surface area contributed by atoms with Gasteiger partial charge in [-0.15, -0.1) is 0 Å². The van der Waals surface area contributed by atoms with E-state index < -0.39 is 0 Å². The Morgan fingerprint density at radius 1 is 0.821 bits per heavy atom. The van der Waals surface area contributed by atoms with Gasteiger partial charge in [-0.05, 0) is 23.8 Å². The number of hydrogen-bond acceptors (Lipinski definition) is 7. The van der Waals surface area contributed by atoms with Crippen LogP contribution in [0.4, 0.5) is 0 Å². The van der Waals surface area contributed by atoms with Gasteiger partial charge in [-0.25, -0.2) is 0 Å². The number of carbonyl (C=O) groups excluding carboxylic acids is 1. The molecule has 2 aromatic rings. The molecule has 0 aliphatic heterocycles. The van der Waals surface area contributed by atoms with Crippen LogP contribution in [0.3, 0.4) is 0 Å². The van der Waals surface area contributed by atoms with Crippen LogP contribution in [-0.4, -0.2) is 47.8 Å². The molecule has 150 valence electrons. The second-order valence-electron chi connectivity index (χ2n) is 5.57. The maximum Gasteiger partial charge on any atom is 0.193 e. The highest BCUT2D eigenvalue weighted by molar-refractivity contribution is 6.10. The SMILES string of the molecule is COCOc1cc(OC)c(C(=O)/C=C/c2ccc(OC)cc2)c(OCOC)c1. The molecule has 2 aromatic carbocycles. The fourth-order valence-corrected chi connectivity index (χ4v) is 2.39. The second kappa shape index (κ2) is 11.0. The topological polar surface area (TPSA) is 72.5 Å². The second-order valence-corrected chi connectivity index (χ2v) is 5.57. The highest BCUT2D eigenvalue weighted by Crippen LogP contribution is 2.35. The van der Waals surface area contributed by atoms with Gasteiger partial charge in [0.2, 0.25) is 0 Å². The van der Waals surface area contributed by atoms with Gasteiger partial charge in [0.1, 0.15) is 28.6 Å². The Morgan fingerprint density at radius 2 is 1.46 bits per heavy atom. The van der Waals surface area contributed by atoms with Crippen molar-refractivity contribution >= 4 is 11.9 Å². The quantitative estimate of drug-likeness (QED) is 0.331. The molecule has 0 aliphatic rings. The van der Waals surface area contributed by atoms with Crippen LogP contribution in [0.1, 0.15) is 15.9 Å². The molecule has 0 amide bonds. The summed E-state index contributed by atoms with van der Waals surface area (Å²) in [5.41, 5.74) is 1.13. The molecule has 0 heterocycles. The number of carbonyl (C=O) groups is 1. The van der Waals surface area contributed by atoms with Crippen LogP contribution in [0.2, 0.25) is 0 Å². The minimum absolute atomic E-state index is 0.0284. The standard InChI is InChI=1S/C21H24O7/c1-23-13-27-17-11-19(26-4)21(20(12-17)28-14-24-2)18(22)10-7-15-5-8-16(25-3)9-6-15/h5-12H,13-14H2,1-4H3/b10-7+. The van der Waals surface area contributed by atoms with E-state index in [9.17, 15) is 4.79 Å². The monoisotopic (exact) mass is 388 g/mol. The molecule has 0 aromatic heterocycles. The predicted molar refractivity (Wildman–Crippen MR) is 104 cm³/mol. The Bertz CT molecular complexity index is 797. The van der Waals surface area contributed by atoms with Gasteiger partial charge >= 0.3 is 0 Å². The zero-order chi connectivity index (χ0) is 20.4. The molecular weight excluding hydrogens is 364 g/mol. The first-order chi connectivity index (χ1) is 13.6. The number of benzene rings is 2. The molecule has 0 saturated heterocycles. The van der Waals surface area contributed by atoms with Gasteiger partial charge in [-0.1, -0.05) is 18.2 Å². The van der Waals surface area contributed by atoms with Crippen LogP contribution in [0.15, 0.2) is 42.5 Å². The van der Waals surface area contributed by atoms with E-state index in [1.165, 1.54) is 27.4 Å². The molecule has 0 bridgehead atoms. The van der Waals surface area contributed by atoms with Crippen molar-refractivity contribution in [2.24, 2.45) is 0 Å². The maximum absolute atomic E-state index is 12.9. The van der Waals surface area contributed by atoms with Gasteiger partial charge in [-0.3, -0.25) is 4.79 Å². The Morgan fingerprint density at radius 3 is 2.07 bits per heavy atom. The number of hydrogen-bond donors (Lipinski definition) is 0. The van der Waals surface area contributed by atoms with E-state index in [0.29, 0.717) is 11.5 Å². The van der Waals surface area contributed by atoms with Gasteiger partial charge in [0, 0.05) is 26.4 Å². The molecule has 0 fully saturated rings. The van der Waals surface area contributed by atoms with E-state index in [4.69, 9.17) is 28.4 Å². The normalized spacial score (nSPS) is 10.7. The van der Waals surface area contributed by atoms with Gasteiger partial charge in [0.25, 0.3) is 0 Å². The third kappa shape index (κ3) is 5.73. The summed E-state index contributed by atoms with van der Waals surface area (Å²) < 4.78 is 31.4. The summed E-state index contributed by atoms with van der Waals surface area (Å²) in [7, 11) is 6.08. The van der Waals surface area contributed by atoms with E-state index in [1.807, 2.05) is 24.3 Å². The number of rotatable bonds is 11. The summed E-state index contributed by atoms with van der Waals surface area (Å²) in [6.45, 7) is 0.0247. The minimum Gasteiger partial charge on any atom is -0.497 e. The summed E-state index contributed by atoms with van der Waals surface area (Å²) in [6, 6.07) is 10.5. The van der Waals surface area contributed by atoms with Crippen LogP contribution >= 0.6 is 0 Å². The first-order valence-corrected chi connectivity index (χ1v) is 8.45. The fraction of sp³-hybridized carbons (Fsp3) is 0.286. The first-order valence-electron chi connectivity index (χ1n) is 8.45. The van der Waals surface area contributed by atoms with E-state index >= 15 is 0 Å². The van der Waals surface area contributed by atoms with Crippen molar-refractivity contribution < 1.29 is 33.2 Å². The lowest BCUT2D eigenvalue weighted by Gasteiger charge is -2.15. The Hall–Kier alpha value is -3.03. The number of allylic oxidation sites excluding steroid dienone is 1. The minimum atomic E-state index is -0.280. The number of ether oxygens (including phenoxy) is 6. The predicted octanol–water partition coefficient (Wildman–Crippen LogP) is 3.57. The molecule has 0 saturated carbocycles. The van der Waals surface area contributed by atoms with Crippen LogP contribution < -0.4 is 18.9 Å². The fourth-order valence-electron chi connectivity index (χ4n) is 2.39. The van der Waals surface area contributed by atoms with E-state index in [1.54, 1.807) is 25.3 Å². The molecular formula is C21H24O7. The third-order valence-electron chi connectivity index (χ3n) is 3.72. The van der Waals surface area contributed by atoms with E-state index in [-0.39, 0.29) is 30.7 Å². The van der Waals surface area contributed by atoms with Crippen molar-refractivity contribution in [2.45, 2.75) is 0 Å². The van der Waals surface area contributed by atoms with Gasteiger partial charge in [-0.2, -0.15) is 0 Å². The Balaban J connectivity index is 2.33. The van der Waals surface area contributed by atoms with Crippen molar-refractivity contribution in [1.82, 2.24) is 0 Å². The van der Waals surface area contributed by atoms with Crippen LogP contribution in [0.5, 0.6) is 23.0 Å². The molecule has 7 nitrogen and oxygen atoms in total. The third-order valence-corrected chi connectivity index (χ3v) is 3.72. The molecule has 0 N–H and O–H groups in total. The highest BCUT2D eigenvalue weighted by atomic mass is 16.7. The lowest BCUT2D eigenvalue weighted by atomic mass is 10.1. The molecule has 0 spiro atoms. The summed E-state index contributed by atoms with van der Waals surface area (Å²) in [4.78, 5) is 12.9. The first kappa shape index (κ1) is 21.3. The molecule has 0 atom stereocenters. The zero-order valence-corrected chi connectivity index (χ0v) is 16.4. The molecule has 0 aliphatic carbocycles. The van der Waals surface area contributed by atoms with Crippen LogP contribution in [0.25, 0.3) is 6.08 Å². The molecule has 7 heteroatoms. The summed E-state index contributed by atoms with van der Waals surface area (Å²) in [5.74, 6) is 1.52. The van der Waals surface area contributed by atoms with Crippen molar-refractivity contribution in [3.05, 3.63) is 53.6 Å². The molecule has 2 rings (SSSR count). The smallest absolute Gasteiger partial charge is 0.193 e. The van der Waals surface area contributed by atoms with Crippen LogP contribution in [0, 0.1) is 0 Å². The summed E-state index contributed by atoms with van der Waals surface area (Å²) in [6.07, 6.45) is 3.16. The van der Waals surface area contributed by atoms with E-state index in [2.05, 4.69) is 0 Å². The molecule has 0 unspecified atom stereocenters. The average Bonchev–Trinajstić information content (AvgIpc) is 2.74. The highest BCUT2D eigenvalue weighted by Gasteiger charge is 2.19. The average molecular weight is 388 g/mol. The van der Waals surface area contributed by atoms with Crippen molar-refractivity contribution in [1.29, 1.82) is 0 Å². The van der Waals surface area contributed by atoms with Gasteiger partial charge in [0.05, 0.1) is 14.2 Å². The Labute approximate surface area is 164 Å².